The molecule has 3 aromatic rings. The number of hydrogen-bond donors (Lipinski definition) is 1. The number of piperazine rings is 1. The van der Waals surface area contributed by atoms with Crippen molar-refractivity contribution in [2.45, 2.75) is 31.2 Å². The molecule has 9 heteroatoms. The van der Waals surface area contributed by atoms with Crippen molar-refractivity contribution >= 4 is 42.7 Å². The molecule has 0 bridgehead atoms. The number of aryl methyl sites for hydroxylation is 1. The number of aromatic nitrogens is 1. The second-order valence-electron chi connectivity index (χ2n) is 7.72. The van der Waals surface area contributed by atoms with Crippen molar-refractivity contribution in [1.29, 1.82) is 0 Å². The smallest absolute Gasteiger partial charge is 0.307 e. The molecule has 0 radical (unpaired) electrons. The van der Waals surface area contributed by atoms with E-state index in [9.17, 15) is 13.2 Å². The molecule has 0 amide bonds. The highest BCUT2D eigenvalue weighted by Gasteiger charge is 2.36. The van der Waals surface area contributed by atoms with Crippen LogP contribution >= 0.6 is 11.3 Å². The maximum absolute atomic E-state index is 13.4. The summed E-state index contributed by atoms with van der Waals surface area (Å²) >= 11 is 1.57. The number of carbonyl (C=O) groups is 1. The Bertz CT molecular complexity index is 1250. The number of hydrogen-bond acceptors (Lipinski definition) is 6. The molecular formula is C22H23N3O4S2. The number of anilines is 1. The van der Waals surface area contributed by atoms with Crippen LogP contribution in [0.1, 0.15) is 18.1 Å². The summed E-state index contributed by atoms with van der Waals surface area (Å²) in [6.07, 6.45) is -0.225. The number of para-hydroxylation sites is 1. The zero-order valence-electron chi connectivity index (χ0n) is 17.3. The van der Waals surface area contributed by atoms with Crippen molar-refractivity contribution < 1.29 is 18.3 Å². The van der Waals surface area contributed by atoms with Gasteiger partial charge >= 0.3 is 5.97 Å². The molecule has 1 saturated heterocycles. The zero-order chi connectivity index (χ0) is 22.3. The first-order valence-corrected chi connectivity index (χ1v) is 12.1. The fraction of sp³-hybridized carbons (Fsp3) is 0.273. The highest BCUT2D eigenvalue weighted by atomic mass is 32.2. The molecule has 1 N–H and O–H groups in total. The Morgan fingerprint density at radius 3 is 2.71 bits per heavy atom. The first kappa shape index (κ1) is 21.3. The van der Waals surface area contributed by atoms with Gasteiger partial charge < -0.3 is 10.0 Å². The highest BCUT2D eigenvalue weighted by molar-refractivity contribution is 7.89. The van der Waals surface area contributed by atoms with Crippen LogP contribution in [0.25, 0.3) is 10.2 Å². The van der Waals surface area contributed by atoms with Crippen molar-refractivity contribution in [3.63, 3.8) is 0 Å². The van der Waals surface area contributed by atoms with Crippen LogP contribution in [0.15, 0.2) is 59.6 Å². The molecule has 0 aliphatic carbocycles. The fourth-order valence-corrected chi connectivity index (χ4v) is 6.55. The second kappa shape index (κ2) is 7.97. The Kier molecular flexibility index (Phi) is 5.49. The number of thiazole rings is 1. The number of carboxylic acid groups (broad SMARTS) is 1. The fourth-order valence-electron chi connectivity index (χ4n) is 3.88. The number of nitrogens with zero attached hydrogens (tertiary/aromatic N) is 3. The lowest BCUT2D eigenvalue weighted by atomic mass is 10.1. The molecule has 1 aromatic heterocycles. The van der Waals surface area contributed by atoms with Crippen LogP contribution < -0.4 is 4.90 Å². The van der Waals surface area contributed by atoms with Gasteiger partial charge in [0.2, 0.25) is 0 Å². The zero-order valence-corrected chi connectivity index (χ0v) is 18.9. The van der Waals surface area contributed by atoms with Gasteiger partial charge in [-0.05, 0) is 49.2 Å². The van der Waals surface area contributed by atoms with E-state index < -0.39 is 16.0 Å². The number of rotatable bonds is 5. The van der Waals surface area contributed by atoms with E-state index >= 15 is 0 Å². The lowest BCUT2D eigenvalue weighted by molar-refractivity contribution is -0.136. The van der Waals surface area contributed by atoms with Gasteiger partial charge in [-0.2, -0.15) is 0 Å². The Morgan fingerprint density at radius 2 is 2.03 bits per heavy atom. The summed E-state index contributed by atoms with van der Waals surface area (Å²) in [7, 11) is -3.87. The minimum absolute atomic E-state index is 0.0794. The van der Waals surface area contributed by atoms with Gasteiger partial charge in [0.15, 0.2) is 5.13 Å². The maximum Gasteiger partial charge on any atom is 0.307 e. The summed E-state index contributed by atoms with van der Waals surface area (Å²) in [6.45, 7) is 8.48. The van der Waals surface area contributed by atoms with E-state index in [0.29, 0.717) is 24.4 Å². The normalized spacial score (nSPS) is 17.4. The van der Waals surface area contributed by atoms with E-state index in [2.05, 4.69) is 16.5 Å². The number of aliphatic carboxylic acids is 1. The van der Waals surface area contributed by atoms with Crippen LogP contribution in [0.4, 0.5) is 5.13 Å². The number of carboxylic acids is 1. The van der Waals surface area contributed by atoms with E-state index in [-0.39, 0.29) is 17.4 Å². The van der Waals surface area contributed by atoms with Crippen LogP contribution in [0.3, 0.4) is 0 Å². The maximum atomic E-state index is 13.4. The summed E-state index contributed by atoms with van der Waals surface area (Å²) in [5, 5.41) is 9.96. The van der Waals surface area contributed by atoms with Gasteiger partial charge in [0.25, 0.3) is 10.0 Å². The van der Waals surface area contributed by atoms with Gasteiger partial charge in [-0.3, -0.25) is 9.10 Å². The molecule has 1 atom stereocenters. The molecule has 31 heavy (non-hydrogen) atoms. The minimum Gasteiger partial charge on any atom is -0.481 e. The number of sulfonamides is 1. The molecule has 1 aliphatic rings. The third-order valence-corrected chi connectivity index (χ3v) is 8.43. The van der Waals surface area contributed by atoms with Crippen LogP contribution in [0.5, 0.6) is 0 Å². The molecule has 1 aliphatic heterocycles. The van der Waals surface area contributed by atoms with Crippen molar-refractivity contribution in [2.24, 2.45) is 0 Å². The molecule has 4 rings (SSSR count). The number of fused-ring (bicyclic) bond motifs is 1. The third-order valence-electron chi connectivity index (χ3n) is 5.34. The monoisotopic (exact) mass is 457 g/mol. The molecule has 0 saturated carbocycles. The van der Waals surface area contributed by atoms with Gasteiger partial charge in [0.1, 0.15) is 0 Å². The van der Waals surface area contributed by atoms with Gasteiger partial charge in [0, 0.05) is 12.2 Å². The molecule has 2 heterocycles. The van der Waals surface area contributed by atoms with E-state index in [1.807, 2.05) is 31.2 Å². The van der Waals surface area contributed by atoms with Crippen molar-refractivity contribution in [2.75, 3.05) is 18.0 Å². The topological polar surface area (TPSA) is 90.8 Å². The largest absolute Gasteiger partial charge is 0.481 e. The summed E-state index contributed by atoms with van der Waals surface area (Å²) in [4.78, 5) is 17.9. The molecule has 0 spiro atoms. The lowest BCUT2D eigenvalue weighted by Gasteiger charge is -2.41. The summed E-state index contributed by atoms with van der Waals surface area (Å²) in [6, 6.07) is 12.2. The van der Waals surface area contributed by atoms with Gasteiger partial charge in [-0.15, -0.1) is 0 Å². The van der Waals surface area contributed by atoms with E-state index in [1.165, 1.54) is 16.4 Å². The van der Waals surface area contributed by atoms with E-state index in [0.717, 1.165) is 20.9 Å². The molecule has 0 unspecified atom stereocenters. The summed E-state index contributed by atoms with van der Waals surface area (Å²) in [5.41, 5.74) is 2.61. The van der Waals surface area contributed by atoms with E-state index in [4.69, 9.17) is 5.11 Å². The van der Waals surface area contributed by atoms with Crippen molar-refractivity contribution in [3.05, 3.63) is 65.9 Å². The standard InChI is InChI=1S/C22H23N3O4S2/c1-14-8-9-18(10-17(14)11-21(26)27)31(28,29)25-15(2)12-24(13-16(25)3)22-23-19-6-4-5-7-20(19)30-22/h4-10,16H,2,11-13H2,1,3H3,(H,26,27)/t16-/m0/s1. The third kappa shape index (κ3) is 4.03. The molecular weight excluding hydrogens is 434 g/mol. The van der Waals surface area contributed by atoms with E-state index in [1.54, 1.807) is 24.3 Å². The number of benzene rings is 2. The summed E-state index contributed by atoms with van der Waals surface area (Å²) < 4.78 is 29.3. The second-order valence-corrected chi connectivity index (χ2v) is 10.5. The molecule has 1 fully saturated rings. The molecule has 2 aromatic carbocycles. The van der Waals surface area contributed by atoms with Gasteiger partial charge in [0.05, 0.1) is 34.1 Å². The Hall–Kier alpha value is -2.91. The average molecular weight is 458 g/mol. The predicted octanol–water partition coefficient (Wildman–Crippen LogP) is 3.64. The van der Waals surface area contributed by atoms with Crippen LogP contribution in [-0.4, -0.2) is 47.9 Å². The van der Waals surface area contributed by atoms with Gasteiger partial charge in [-0.25, -0.2) is 13.4 Å². The first-order valence-electron chi connectivity index (χ1n) is 9.81. The minimum atomic E-state index is -3.87. The SMILES string of the molecule is C=C1CN(c2nc3ccccc3s2)C[C@H](C)N1S(=O)(=O)c1ccc(C)c(CC(=O)O)c1. The summed E-state index contributed by atoms with van der Waals surface area (Å²) in [5.74, 6) is -1.00. The quantitative estimate of drug-likeness (QED) is 0.629. The van der Waals surface area contributed by atoms with Gasteiger partial charge in [-0.1, -0.05) is 36.1 Å². The highest BCUT2D eigenvalue weighted by Crippen LogP contribution is 2.34. The Balaban J connectivity index is 1.62. The lowest BCUT2D eigenvalue weighted by Crippen LogP contribution is -2.52. The van der Waals surface area contributed by atoms with Crippen LogP contribution in [0.2, 0.25) is 0 Å². The average Bonchev–Trinajstić information content (AvgIpc) is 3.13. The van der Waals surface area contributed by atoms with Crippen LogP contribution in [0, 0.1) is 6.92 Å². The van der Waals surface area contributed by atoms with Crippen LogP contribution in [-0.2, 0) is 21.2 Å². The molecule has 162 valence electrons. The molecule has 7 nitrogen and oxygen atoms in total. The first-order chi connectivity index (χ1) is 14.7. The predicted molar refractivity (Wildman–Crippen MR) is 122 cm³/mol. The van der Waals surface area contributed by atoms with Crippen molar-refractivity contribution in [3.8, 4) is 0 Å². The Labute approximate surface area is 185 Å². The van der Waals surface area contributed by atoms with Crippen molar-refractivity contribution in [1.82, 2.24) is 9.29 Å². The Morgan fingerprint density at radius 1 is 1.29 bits per heavy atom.